The molecule has 0 aliphatic carbocycles. The number of halogens is 1. The van der Waals surface area contributed by atoms with Crippen LogP contribution in [0.15, 0.2) is 24.3 Å². The standard InChI is InChI=1S/C20H30N2O2.ClH/c1-20(2,3)17-6-8-18(9-7-17)24-10-4-5-19(23)22-13-15-11-21-12-16(15)14-22;/h6-9,15-16,21H,4-5,10-14H2,1-3H3;1H/t15-,16+;. The van der Waals surface area contributed by atoms with Crippen LogP contribution in [0.25, 0.3) is 0 Å². The molecule has 1 amide bonds. The van der Waals surface area contributed by atoms with Crippen LogP contribution in [0.3, 0.4) is 0 Å². The number of rotatable bonds is 5. The van der Waals surface area contributed by atoms with Crippen LogP contribution in [0, 0.1) is 11.8 Å². The van der Waals surface area contributed by atoms with Crippen molar-refractivity contribution in [3.63, 3.8) is 0 Å². The lowest BCUT2D eigenvalue weighted by Crippen LogP contribution is -2.31. The molecule has 2 atom stereocenters. The number of fused-ring (bicyclic) bond motifs is 1. The third-order valence-electron chi connectivity index (χ3n) is 5.27. The van der Waals surface area contributed by atoms with Crippen molar-refractivity contribution in [1.29, 1.82) is 0 Å². The highest BCUT2D eigenvalue weighted by atomic mass is 35.5. The van der Waals surface area contributed by atoms with Gasteiger partial charge < -0.3 is 15.0 Å². The second kappa shape index (κ2) is 8.41. The first kappa shape index (κ1) is 20.1. The summed E-state index contributed by atoms with van der Waals surface area (Å²) in [6.07, 6.45) is 1.37. The number of nitrogens with zero attached hydrogens (tertiary/aromatic N) is 1. The van der Waals surface area contributed by atoms with E-state index in [4.69, 9.17) is 4.74 Å². The Labute approximate surface area is 157 Å². The minimum Gasteiger partial charge on any atom is -0.494 e. The molecule has 2 aliphatic heterocycles. The van der Waals surface area contributed by atoms with Gasteiger partial charge in [0.05, 0.1) is 6.61 Å². The molecule has 4 nitrogen and oxygen atoms in total. The summed E-state index contributed by atoms with van der Waals surface area (Å²) in [5.41, 5.74) is 1.47. The molecule has 0 bridgehead atoms. The molecule has 1 aromatic carbocycles. The lowest BCUT2D eigenvalue weighted by Gasteiger charge is -2.19. The van der Waals surface area contributed by atoms with Gasteiger partial charge in [-0.25, -0.2) is 0 Å². The number of hydrogen-bond donors (Lipinski definition) is 1. The average Bonchev–Trinajstić information content (AvgIpc) is 3.12. The second-order valence-electron chi connectivity index (χ2n) is 8.20. The Kier molecular flexibility index (Phi) is 6.75. The van der Waals surface area contributed by atoms with Crippen LogP contribution in [-0.4, -0.2) is 43.6 Å². The van der Waals surface area contributed by atoms with E-state index < -0.39 is 0 Å². The normalized spacial score (nSPS) is 22.4. The topological polar surface area (TPSA) is 41.6 Å². The van der Waals surface area contributed by atoms with Gasteiger partial charge in [0.1, 0.15) is 5.75 Å². The predicted molar refractivity (Wildman–Crippen MR) is 104 cm³/mol. The average molecular weight is 367 g/mol. The van der Waals surface area contributed by atoms with Crippen LogP contribution in [0.4, 0.5) is 0 Å². The molecule has 0 unspecified atom stereocenters. The maximum Gasteiger partial charge on any atom is 0.222 e. The van der Waals surface area contributed by atoms with Gasteiger partial charge in [-0.1, -0.05) is 32.9 Å². The Hall–Kier alpha value is -1.26. The quantitative estimate of drug-likeness (QED) is 0.813. The molecule has 0 aromatic heterocycles. The zero-order valence-corrected chi connectivity index (χ0v) is 16.4. The van der Waals surface area contributed by atoms with Gasteiger partial charge in [0.2, 0.25) is 5.91 Å². The molecule has 3 rings (SSSR count). The summed E-state index contributed by atoms with van der Waals surface area (Å²) in [4.78, 5) is 14.3. The number of amides is 1. The molecule has 1 aromatic rings. The Morgan fingerprint density at radius 3 is 2.32 bits per heavy atom. The monoisotopic (exact) mass is 366 g/mol. The van der Waals surface area contributed by atoms with E-state index in [1.165, 1.54) is 5.56 Å². The Balaban J connectivity index is 0.00000225. The van der Waals surface area contributed by atoms with Gasteiger partial charge in [-0.3, -0.25) is 4.79 Å². The summed E-state index contributed by atoms with van der Waals surface area (Å²) in [6.45, 7) is 11.2. The van der Waals surface area contributed by atoms with Crippen molar-refractivity contribution in [2.45, 2.75) is 39.0 Å². The molecule has 140 valence electrons. The van der Waals surface area contributed by atoms with Crippen LogP contribution in [0.1, 0.15) is 39.2 Å². The molecule has 2 heterocycles. The molecule has 5 heteroatoms. The highest BCUT2D eigenvalue weighted by molar-refractivity contribution is 5.85. The number of benzene rings is 1. The maximum absolute atomic E-state index is 12.3. The van der Waals surface area contributed by atoms with E-state index >= 15 is 0 Å². The zero-order chi connectivity index (χ0) is 17.2. The molecule has 25 heavy (non-hydrogen) atoms. The van der Waals surface area contributed by atoms with Crippen LogP contribution >= 0.6 is 12.4 Å². The van der Waals surface area contributed by atoms with Gasteiger partial charge in [-0.2, -0.15) is 0 Å². The van der Waals surface area contributed by atoms with Gasteiger partial charge in [-0.15, -0.1) is 12.4 Å². The molecule has 2 saturated heterocycles. The molecule has 0 saturated carbocycles. The van der Waals surface area contributed by atoms with E-state index in [-0.39, 0.29) is 23.7 Å². The van der Waals surface area contributed by atoms with E-state index in [2.05, 4.69) is 38.2 Å². The third-order valence-corrected chi connectivity index (χ3v) is 5.27. The first-order chi connectivity index (χ1) is 11.4. The lowest BCUT2D eigenvalue weighted by atomic mass is 9.87. The van der Waals surface area contributed by atoms with Crippen molar-refractivity contribution >= 4 is 18.3 Å². The van der Waals surface area contributed by atoms with Crippen LogP contribution < -0.4 is 10.1 Å². The molecule has 2 fully saturated rings. The summed E-state index contributed by atoms with van der Waals surface area (Å²) < 4.78 is 5.78. The van der Waals surface area contributed by atoms with E-state index in [1.54, 1.807) is 0 Å². The zero-order valence-electron chi connectivity index (χ0n) is 15.6. The minimum atomic E-state index is 0. The van der Waals surface area contributed by atoms with Crippen molar-refractivity contribution in [2.24, 2.45) is 11.8 Å². The number of nitrogens with one attached hydrogen (secondary N) is 1. The van der Waals surface area contributed by atoms with Crippen molar-refractivity contribution < 1.29 is 9.53 Å². The SMILES string of the molecule is CC(C)(C)c1ccc(OCCCC(=O)N2C[C@H]3CNC[C@H]3C2)cc1.Cl. The molecular weight excluding hydrogens is 336 g/mol. The van der Waals surface area contributed by atoms with E-state index in [0.29, 0.717) is 24.9 Å². The number of carbonyl (C=O) groups is 1. The van der Waals surface area contributed by atoms with Crippen molar-refractivity contribution in [2.75, 3.05) is 32.8 Å². The van der Waals surface area contributed by atoms with Gasteiger partial charge >= 0.3 is 0 Å². The van der Waals surface area contributed by atoms with Crippen molar-refractivity contribution in [3.8, 4) is 5.75 Å². The Morgan fingerprint density at radius 2 is 1.76 bits per heavy atom. The fourth-order valence-electron chi connectivity index (χ4n) is 3.68. The summed E-state index contributed by atoms with van der Waals surface area (Å²) in [5.74, 6) is 2.52. The molecular formula is C20H31ClN2O2. The molecule has 0 radical (unpaired) electrons. The Bertz CT molecular complexity index is 556. The lowest BCUT2D eigenvalue weighted by molar-refractivity contribution is -0.130. The first-order valence-electron chi connectivity index (χ1n) is 9.15. The summed E-state index contributed by atoms with van der Waals surface area (Å²) >= 11 is 0. The number of carbonyl (C=O) groups excluding carboxylic acids is 1. The highest BCUT2D eigenvalue weighted by Crippen LogP contribution is 2.27. The molecule has 1 N–H and O–H groups in total. The number of ether oxygens (including phenoxy) is 1. The van der Waals surface area contributed by atoms with Crippen LogP contribution in [-0.2, 0) is 10.2 Å². The largest absolute Gasteiger partial charge is 0.494 e. The molecule has 0 spiro atoms. The van der Waals surface area contributed by atoms with Gasteiger partial charge in [-0.05, 0) is 41.4 Å². The fraction of sp³-hybridized carbons (Fsp3) is 0.650. The maximum atomic E-state index is 12.3. The third kappa shape index (κ3) is 5.11. The highest BCUT2D eigenvalue weighted by Gasteiger charge is 2.37. The Morgan fingerprint density at radius 1 is 1.16 bits per heavy atom. The van der Waals surface area contributed by atoms with Gasteiger partial charge in [0.25, 0.3) is 0 Å². The summed E-state index contributed by atoms with van der Waals surface area (Å²) in [5, 5.41) is 3.41. The van der Waals surface area contributed by atoms with Crippen molar-refractivity contribution in [3.05, 3.63) is 29.8 Å². The van der Waals surface area contributed by atoms with Crippen LogP contribution in [0.2, 0.25) is 0 Å². The summed E-state index contributed by atoms with van der Waals surface area (Å²) in [7, 11) is 0. The number of likely N-dealkylation sites (tertiary alicyclic amines) is 1. The van der Waals surface area contributed by atoms with Crippen LogP contribution in [0.5, 0.6) is 5.75 Å². The smallest absolute Gasteiger partial charge is 0.222 e. The van der Waals surface area contributed by atoms with Crippen molar-refractivity contribution in [1.82, 2.24) is 10.2 Å². The van der Waals surface area contributed by atoms with E-state index in [0.717, 1.165) is 38.3 Å². The number of hydrogen-bond acceptors (Lipinski definition) is 3. The second-order valence-corrected chi connectivity index (χ2v) is 8.20. The fourth-order valence-corrected chi connectivity index (χ4v) is 3.68. The summed E-state index contributed by atoms with van der Waals surface area (Å²) in [6, 6.07) is 8.29. The van der Waals surface area contributed by atoms with E-state index in [1.807, 2.05) is 17.0 Å². The van der Waals surface area contributed by atoms with Gasteiger partial charge in [0, 0.05) is 32.6 Å². The minimum absolute atomic E-state index is 0. The molecule has 2 aliphatic rings. The van der Waals surface area contributed by atoms with E-state index in [9.17, 15) is 4.79 Å². The van der Waals surface area contributed by atoms with Gasteiger partial charge in [0.15, 0.2) is 0 Å². The first-order valence-corrected chi connectivity index (χ1v) is 9.15. The predicted octanol–water partition coefficient (Wildman–Crippen LogP) is 3.24.